The molecule has 164 valence electrons. The Kier molecular flexibility index (Phi) is 7.75. The van der Waals surface area contributed by atoms with E-state index >= 15 is 0 Å². The smallest absolute Gasteiger partial charge is 0.229 e. The van der Waals surface area contributed by atoms with Gasteiger partial charge in [0.05, 0.1) is 5.69 Å². The van der Waals surface area contributed by atoms with Crippen LogP contribution in [0, 0.1) is 12.7 Å². The first kappa shape index (κ1) is 22.5. The Hall–Kier alpha value is -3.23. The standard InChI is InChI=1S/C23H28FN5O2/c1-15(2)26-13-18(30)14-31-19-7-5-17(6-8-19)27-23-25-11-10-22(29-23)28-21-12-16(3)4-9-20(21)24/h4-12,15,18,26,30H,13-14H2,1-3H3,(H2,25,27,28,29). The number of aromatic nitrogens is 2. The summed E-state index contributed by atoms with van der Waals surface area (Å²) in [7, 11) is 0. The minimum atomic E-state index is -0.581. The van der Waals surface area contributed by atoms with E-state index in [0.29, 0.717) is 35.8 Å². The van der Waals surface area contributed by atoms with E-state index in [4.69, 9.17) is 4.74 Å². The topological polar surface area (TPSA) is 91.3 Å². The van der Waals surface area contributed by atoms with Gasteiger partial charge >= 0.3 is 0 Å². The summed E-state index contributed by atoms with van der Waals surface area (Å²) < 4.78 is 19.6. The second-order valence-corrected chi connectivity index (χ2v) is 7.55. The molecule has 1 atom stereocenters. The van der Waals surface area contributed by atoms with Crippen molar-refractivity contribution in [1.29, 1.82) is 0 Å². The summed E-state index contributed by atoms with van der Waals surface area (Å²) in [6.07, 6.45) is 1.01. The molecule has 31 heavy (non-hydrogen) atoms. The Morgan fingerprint density at radius 3 is 2.58 bits per heavy atom. The lowest BCUT2D eigenvalue weighted by Gasteiger charge is -2.15. The van der Waals surface area contributed by atoms with E-state index < -0.39 is 6.10 Å². The van der Waals surface area contributed by atoms with Crippen LogP contribution in [-0.4, -0.2) is 40.4 Å². The maximum Gasteiger partial charge on any atom is 0.229 e. The Bertz CT molecular complexity index is 982. The van der Waals surface area contributed by atoms with E-state index in [1.807, 2.05) is 32.9 Å². The zero-order valence-electron chi connectivity index (χ0n) is 17.9. The van der Waals surface area contributed by atoms with Crippen LogP contribution in [0.1, 0.15) is 19.4 Å². The maximum absolute atomic E-state index is 14.0. The molecule has 0 aliphatic carbocycles. The fraction of sp³-hybridized carbons (Fsp3) is 0.304. The minimum absolute atomic E-state index is 0.207. The molecular formula is C23H28FN5O2. The van der Waals surface area contributed by atoms with Crippen molar-refractivity contribution in [1.82, 2.24) is 15.3 Å². The molecule has 4 N–H and O–H groups in total. The van der Waals surface area contributed by atoms with Crippen LogP contribution in [-0.2, 0) is 0 Å². The molecule has 2 aromatic carbocycles. The van der Waals surface area contributed by atoms with Crippen molar-refractivity contribution in [2.24, 2.45) is 0 Å². The highest BCUT2D eigenvalue weighted by Gasteiger charge is 2.07. The zero-order valence-corrected chi connectivity index (χ0v) is 17.9. The third kappa shape index (κ3) is 7.20. The van der Waals surface area contributed by atoms with Crippen LogP contribution in [0.4, 0.5) is 27.5 Å². The average molecular weight is 426 g/mol. The zero-order chi connectivity index (χ0) is 22.2. The molecule has 7 nitrogen and oxygen atoms in total. The van der Waals surface area contributed by atoms with Gasteiger partial charge in [-0.05, 0) is 55.0 Å². The predicted octanol–water partition coefficient (Wildman–Crippen LogP) is 4.15. The van der Waals surface area contributed by atoms with Crippen molar-refractivity contribution < 1.29 is 14.2 Å². The van der Waals surface area contributed by atoms with E-state index in [0.717, 1.165) is 11.3 Å². The summed E-state index contributed by atoms with van der Waals surface area (Å²) in [6.45, 7) is 6.63. The number of nitrogens with zero attached hydrogens (tertiary/aromatic N) is 2. The van der Waals surface area contributed by atoms with Crippen LogP contribution >= 0.6 is 0 Å². The predicted molar refractivity (Wildman–Crippen MR) is 121 cm³/mol. The summed E-state index contributed by atoms with van der Waals surface area (Å²) in [4.78, 5) is 8.59. The van der Waals surface area contributed by atoms with Crippen molar-refractivity contribution in [2.75, 3.05) is 23.8 Å². The van der Waals surface area contributed by atoms with E-state index in [1.54, 1.807) is 36.5 Å². The van der Waals surface area contributed by atoms with Gasteiger partial charge in [-0.3, -0.25) is 0 Å². The molecule has 8 heteroatoms. The number of benzene rings is 2. The van der Waals surface area contributed by atoms with Gasteiger partial charge in [0.1, 0.15) is 30.1 Å². The summed E-state index contributed by atoms with van der Waals surface area (Å²) in [6, 6.07) is 14.1. The third-order valence-electron chi connectivity index (χ3n) is 4.35. The average Bonchev–Trinajstić information content (AvgIpc) is 2.74. The molecule has 0 aliphatic rings. The summed E-state index contributed by atoms with van der Waals surface area (Å²) >= 11 is 0. The lowest BCUT2D eigenvalue weighted by Crippen LogP contribution is -2.35. The van der Waals surface area contributed by atoms with Gasteiger partial charge in [0, 0.05) is 24.5 Å². The molecule has 0 bridgehead atoms. The fourth-order valence-corrected chi connectivity index (χ4v) is 2.75. The first-order chi connectivity index (χ1) is 14.9. The molecule has 0 radical (unpaired) electrons. The molecule has 0 fully saturated rings. The number of aliphatic hydroxyl groups is 1. The molecule has 3 aromatic rings. The molecule has 3 rings (SSSR count). The number of hydrogen-bond donors (Lipinski definition) is 4. The molecular weight excluding hydrogens is 397 g/mol. The second kappa shape index (κ2) is 10.7. The van der Waals surface area contributed by atoms with Gasteiger partial charge in [-0.1, -0.05) is 19.9 Å². The van der Waals surface area contributed by atoms with Crippen LogP contribution in [0.2, 0.25) is 0 Å². The monoisotopic (exact) mass is 425 g/mol. The van der Waals surface area contributed by atoms with Crippen molar-refractivity contribution >= 4 is 23.1 Å². The van der Waals surface area contributed by atoms with Gasteiger partial charge in [-0.25, -0.2) is 9.37 Å². The second-order valence-electron chi connectivity index (χ2n) is 7.55. The van der Waals surface area contributed by atoms with Crippen molar-refractivity contribution in [2.45, 2.75) is 32.9 Å². The first-order valence-corrected chi connectivity index (χ1v) is 10.2. The Balaban J connectivity index is 1.56. The molecule has 1 unspecified atom stereocenters. The molecule has 1 heterocycles. The number of aryl methyl sites for hydroxylation is 1. The van der Waals surface area contributed by atoms with Crippen LogP contribution < -0.4 is 20.7 Å². The number of ether oxygens (including phenoxy) is 1. The number of aliphatic hydroxyl groups excluding tert-OH is 1. The van der Waals surface area contributed by atoms with Gasteiger partial charge in [-0.15, -0.1) is 0 Å². The van der Waals surface area contributed by atoms with E-state index in [2.05, 4.69) is 25.9 Å². The molecule has 0 amide bonds. The van der Waals surface area contributed by atoms with Crippen LogP contribution in [0.3, 0.4) is 0 Å². The van der Waals surface area contributed by atoms with Crippen molar-refractivity contribution in [3.63, 3.8) is 0 Å². The minimum Gasteiger partial charge on any atom is -0.491 e. The highest BCUT2D eigenvalue weighted by Crippen LogP contribution is 2.22. The lowest BCUT2D eigenvalue weighted by atomic mass is 10.2. The summed E-state index contributed by atoms with van der Waals surface area (Å²) in [5.41, 5.74) is 2.08. The highest BCUT2D eigenvalue weighted by molar-refractivity contribution is 5.60. The van der Waals surface area contributed by atoms with Gasteiger partial charge in [0.2, 0.25) is 5.95 Å². The Morgan fingerprint density at radius 2 is 1.84 bits per heavy atom. The fourth-order valence-electron chi connectivity index (χ4n) is 2.75. The number of halogens is 1. The van der Waals surface area contributed by atoms with Gasteiger partial charge in [0.25, 0.3) is 0 Å². The van der Waals surface area contributed by atoms with Gasteiger partial charge in [-0.2, -0.15) is 4.98 Å². The number of rotatable bonds is 10. The summed E-state index contributed by atoms with van der Waals surface area (Å²) in [5.74, 6) is 1.16. The molecule has 1 aromatic heterocycles. The Morgan fingerprint density at radius 1 is 1.06 bits per heavy atom. The number of nitrogens with one attached hydrogen (secondary N) is 3. The number of hydrogen-bond acceptors (Lipinski definition) is 7. The Labute approximate surface area is 181 Å². The molecule has 0 saturated heterocycles. The molecule has 0 spiro atoms. The summed E-state index contributed by atoms with van der Waals surface area (Å²) in [5, 5.41) is 19.2. The van der Waals surface area contributed by atoms with Crippen LogP contribution in [0.15, 0.2) is 54.7 Å². The first-order valence-electron chi connectivity index (χ1n) is 10.2. The third-order valence-corrected chi connectivity index (χ3v) is 4.35. The quantitative estimate of drug-likeness (QED) is 0.388. The molecule has 0 aliphatic heterocycles. The largest absolute Gasteiger partial charge is 0.491 e. The van der Waals surface area contributed by atoms with E-state index in [9.17, 15) is 9.50 Å². The number of anilines is 4. The highest BCUT2D eigenvalue weighted by atomic mass is 19.1. The van der Waals surface area contributed by atoms with Crippen molar-refractivity contribution in [3.8, 4) is 5.75 Å². The van der Waals surface area contributed by atoms with Crippen LogP contribution in [0.5, 0.6) is 5.75 Å². The van der Waals surface area contributed by atoms with E-state index in [-0.39, 0.29) is 12.4 Å². The van der Waals surface area contributed by atoms with Crippen LogP contribution in [0.25, 0.3) is 0 Å². The lowest BCUT2D eigenvalue weighted by molar-refractivity contribution is 0.104. The van der Waals surface area contributed by atoms with Gasteiger partial charge < -0.3 is 25.8 Å². The SMILES string of the molecule is Cc1ccc(F)c(Nc2ccnc(Nc3ccc(OCC(O)CNC(C)C)cc3)n2)c1. The van der Waals surface area contributed by atoms with E-state index in [1.165, 1.54) is 6.07 Å². The van der Waals surface area contributed by atoms with Gasteiger partial charge in [0.15, 0.2) is 0 Å². The maximum atomic E-state index is 14.0. The van der Waals surface area contributed by atoms with Crippen molar-refractivity contribution in [3.05, 3.63) is 66.1 Å². The normalized spacial score (nSPS) is 11.9. The molecule has 0 saturated carbocycles.